The van der Waals surface area contributed by atoms with Crippen molar-refractivity contribution in [3.63, 3.8) is 0 Å². The van der Waals surface area contributed by atoms with E-state index < -0.39 is 11.9 Å². The number of nitriles is 1. The highest BCUT2D eigenvalue weighted by Gasteiger charge is 2.36. The molecule has 92 valence electrons. The largest absolute Gasteiger partial charge is 0.481 e. The van der Waals surface area contributed by atoms with E-state index in [0.29, 0.717) is 5.69 Å². The monoisotopic (exact) mass is 264 g/mol. The Morgan fingerprint density at radius 3 is 2.83 bits per heavy atom. The van der Waals surface area contributed by atoms with Gasteiger partial charge in [0.1, 0.15) is 6.07 Å². The number of amides is 1. The van der Waals surface area contributed by atoms with E-state index in [2.05, 4.69) is 0 Å². The SMILES string of the molecule is N#Cc1c(Cl)cccc1N1CC(C(=O)O)CC1=O. The molecule has 1 atom stereocenters. The molecule has 18 heavy (non-hydrogen) atoms. The van der Waals surface area contributed by atoms with Gasteiger partial charge in [-0.2, -0.15) is 5.26 Å². The van der Waals surface area contributed by atoms with Crippen LogP contribution in [0.2, 0.25) is 5.02 Å². The maximum absolute atomic E-state index is 11.8. The first-order valence-corrected chi connectivity index (χ1v) is 5.64. The van der Waals surface area contributed by atoms with Gasteiger partial charge in [0.05, 0.1) is 22.2 Å². The molecule has 1 heterocycles. The van der Waals surface area contributed by atoms with Crippen molar-refractivity contribution in [3.05, 3.63) is 28.8 Å². The summed E-state index contributed by atoms with van der Waals surface area (Å²) < 4.78 is 0. The van der Waals surface area contributed by atoms with Crippen LogP contribution in [0.4, 0.5) is 5.69 Å². The number of carbonyl (C=O) groups is 2. The molecule has 1 aliphatic heterocycles. The first-order valence-electron chi connectivity index (χ1n) is 5.26. The van der Waals surface area contributed by atoms with E-state index in [1.54, 1.807) is 18.2 Å². The Morgan fingerprint density at radius 2 is 2.28 bits per heavy atom. The molecule has 1 aromatic carbocycles. The number of carboxylic acids is 1. The van der Waals surface area contributed by atoms with Crippen molar-refractivity contribution in [2.45, 2.75) is 6.42 Å². The molecule has 0 aromatic heterocycles. The van der Waals surface area contributed by atoms with Crippen molar-refractivity contribution >= 4 is 29.2 Å². The minimum atomic E-state index is -1.01. The molecular weight excluding hydrogens is 256 g/mol. The van der Waals surface area contributed by atoms with Gasteiger partial charge in [-0.05, 0) is 12.1 Å². The van der Waals surface area contributed by atoms with E-state index in [9.17, 15) is 9.59 Å². The van der Waals surface area contributed by atoms with Crippen LogP contribution >= 0.6 is 11.6 Å². The van der Waals surface area contributed by atoms with E-state index in [-0.39, 0.29) is 29.5 Å². The van der Waals surface area contributed by atoms with Gasteiger partial charge in [0.2, 0.25) is 5.91 Å². The lowest BCUT2D eigenvalue weighted by molar-refractivity contribution is -0.141. The fourth-order valence-corrected chi connectivity index (χ4v) is 2.17. The van der Waals surface area contributed by atoms with E-state index in [4.69, 9.17) is 22.0 Å². The summed E-state index contributed by atoms with van der Waals surface area (Å²) in [6.45, 7) is 0.0726. The summed E-state index contributed by atoms with van der Waals surface area (Å²) in [6.07, 6.45) is -0.0489. The topological polar surface area (TPSA) is 81.4 Å². The molecule has 1 aromatic rings. The molecule has 0 bridgehead atoms. The molecule has 0 saturated carbocycles. The molecule has 5 nitrogen and oxygen atoms in total. The maximum Gasteiger partial charge on any atom is 0.308 e. The molecule has 1 N–H and O–H groups in total. The van der Waals surface area contributed by atoms with Gasteiger partial charge >= 0.3 is 5.97 Å². The number of nitrogens with zero attached hydrogens (tertiary/aromatic N) is 2. The molecule has 6 heteroatoms. The molecule has 0 aliphatic carbocycles. The third-order valence-electron chi connectivity index (χ3n) is 2.87. The normalized spacial score (nSPS) is 18.8. The molecule has 1 saturated heterocycles. The molecule has 1 fully saturated rings. The van der Waals surface area contributed by atoms with E-state index in [0.717, 1.165) is 0 Å². The van der Waals surface area contributed by atoms with Crippen LogP contribution in [0.3, 0.4) is 0 Å². The van der Waals surface area contributed by atoms with Crippen molar-refractivity contribution in [1.29, 1.82) is 5.26 Å². The highest BCUT2D eigenvalue weighted by molar-refractivity contribution is 6.32. The van der Waals surface area contributed by atoms with Crippen LogP contribution in [-0.2, 0) is 9.59 Å². The number of benzene rings is 1. The smallest absolute Gasteiger partial charge is 0.308 e. The minimum absolute atomic E-state index is 0.0489. The van der Waals surface area contributed by atoms with Crippen molar-refractivity contribution in [1.82, 2.24) is 0 Å². The number of hydrogen-bond donors (Lipinski definition) is 1. The predicted octanol–water partition coefficient (Wildman–Crippen LogP) is 1.65. The second kappa shape index (κ2) is 4.67. The van der Waals surface area contributed by atoms with Gasteiger partial charge in [0, 0.05) is 13.0 Å². The number of carboxylic acid groups (broad SMARTS) is 1. The number of halogens is 1. The van der Waals surface area contributed by atoms with Crippen molar-refractivity contribution in [2.24, 2.45) is 5.92 Å². The van der Waals surface area contributed by atoms with Gasteiger partial charge in [-0.15, -0.1) is 0 Å². The highest BCUT2D eigenvalue weighted by atomic mass is 35.5. The van der Waals surface area contributed by atoms with Gasteiger partial charge in [-0.25, -0.2) is 0 Å². The van der Waals surface area contributed by atoms with E-state index in [1.807, 2.05) is 6.07 Å². The van der Waals surface area contributed by atoms with Crippen LogP contribution in [0, 0.1) is 17.2 Å². The number of carbonyl (C=O) groups excluding carboxylic acids is 1. The molecule has 1 aliphatic rings. The van der Waals surface area contributed by atoms with Crippen molar-refractivity contribution in [2.75, 3.05) is 11.4 Å². The second-order valence-electron chi connectivity index (χ2n) is 3.99. The lowest BCUT2D eigenvalue weighted by atomic mass is 10.1. The summed E-state index contributed by atoms with van der Waals surface area (Å²) in [4.78, 5) is 24.0. The number of anilines is 1. The Balaban J connectivity index is 2.39. The van der Waals surface area contributed by atoms with E-state index in [1.165, 1.54) is 4.90 Å². The molecule has 2 rings (SSSR count). The fraction of sp³-hybridized carbons (Fsp3) is 0.250. The molecule has 0 radical (unpaired) electrons. The summed E-state index contributed by atoms with van der Waals surface area (Å²) in [5.41, 5.74) is 0.567. The zero-order valence-electron chi connectivity index (χ0n) is 9.26. The van der Waals surface area contributed by atoms with Crippen molar-refractivity contribution in [3.8, 4) is 6.07 Å². The van der Waals surface area contributed by atoms with Crippen LogP contribution in [0.25, 0.3) is 0 Å². The van der Waals surface area contributed by atoms with Crippen LogP contribution in [0.1, 0.15) is 12.0 Å². The summed E-state index contributed by atoms with van der Waals surface area (Å²) in [6, 6.07) is 6.70. The number of hydrogen-bond acceptors (Lipinski definition) is 3. The average Bonchev–Trinajstić information content (AvgIpc) is 2.71. The van der Waals surface area contributed by atoms with Gasteiger partial charge in [0.25, 0.3) is 0 Å². The summed E-state index contributed by atoms with van der Waals surface area (Å²) in [5, 5.41) is 18.2. The minimum Gasteiger partial charge on any atom is -0.481 e. The van der Waals surface area contributed by atoms with Crippen LogP contribution in [0.5, 0.6) is 0 Å². The zero-order chi connectivity index (χ0) is 13.3. The molecular formula is C12H9ClN2O3. The fourth-order valence-electron chi connectivity index (χ4n) is 1.95. The van der Waals surface area contributed by atoms with Gasteiger partial charge in [0.15, 0.2) is 0 Å². The van der Waals surface area contributed by atoms with E-state index >= 15 is 0 Å². The van der Waals surface area contributed by atoms with Crippen LogP contribution in [-0.4, -0.2) is 23.5 Å². The Kier molecular flexibility index (Phi) is 3.21. The van der Waals surface area contributed by atoms with Gasteiger partial charge < -0.3 is 10.0 Å². The van der Waals surface area contributed by atoms with Crippen LogP contribution < -0.4 is 4.90 Å². The average molecular weight is 265 g/mol. The molecule has 1 amide bonds. The standard InChI is InChI=1S/C12H9ClN2O3/c13-9-2-1-3-10(8(9)5-14)15-6-7(12(17)18)4-11(15)16/h1-3,7H,4,6H2,(H,17,18). The summed E-state index contributed by atoms with van der Waals surface area (Å²) in [7, 11) is 0. The van der Waals surface area contributed by atoms with Gasteiger partial charge in [-0.3, -0.25) is 9.59 Å². The molecule has 1 unspecified atom stereocenters. The quantitative estimate of drug-likeness (QED) is 0.880. The first-order chi connectivity index (χ1) is 8.54. The Hall–Kier alpha value is -2.06. The third-order valence-corrected chi connectivity index (χ3v) is 3.18. The van der Waals surface area contributed by atoms with Crippen molar-refractivity contribution < 1.29 is 14.7 Å². The lowest BCUT2D eigenvalue weighted by Crippen LogP contribution is -2.26. The highest BCUT2D eigenvalue weighted by Crippen LogP contribution is 2.31. The zero-order valence-corrected chi connectivity index (χ0v) is 10.0. The Labute approximate surface area is 108 Å². The second-order valence-corrected chi connectivity index (χ2v) is 4.40. The summed E-state index contributed by atoms with van der Waals surface area (Å²) in [5.74, 6) is -2.05. The first kappa shape index (κ1) is 12.4. The third kappa shape index (κ3) is 2.03. The van der Waals surface area contributed by atoms with Crippen LogP contribution in [0.15, 0.2) is 18.2 Å². The maximum atomic E-state index is 11.8. The Bertz CT molecular complexity index is 565. The van der Waals surface area contributed by atoms with Gasteiger partial charge in [-0.1, -0.05) is 17.7 Å². The predicted molar refractivity (Wildman–Crippen MR) is 64.3 cm³/mol. The number of aliphatic carboxylic acids is 1. The lowest BCUT2D eigenvalue weighted by Gasteiger charge is -2.17. The Morgan fingerprint density at radius 1 is 1.56 bits per heavy atom. The molecule has 0 spiro atoms. The number of rotatable bonds is 2. The summed E-state index contributed by atoms with van der Waals surface area (Å²) >= 11 is 5.88.